The summed E-state index contributed by atoms with van der Waals surface area (Å²) in [5.41, 5.74) is 5.38. The Hall–Kier alpha value is -0.700. The second-order valence-electron chi connectivity index (χ2n) is 4.59. The molecule has 114 valence electrons. The van der Waals surface area contributed by atoms with E-state index in [1.54, 1.807) is 14.1 Å². The Morgan fingerprint density at radius 2 is 1.74 bits per heavy atom. The number of likely N-dealkylation sites (N-methyl/N-ethyl adjacent to an activating group) is 1. The Bertz CT molecular complexity index is 370. The molecule has 0 rings (SSSR count). The van der Waals surface area contributed by atoms with Crippen molar-refractivity contribution in [1.82, 2.24) is 13.5 Å². The minimum absolute atomic E-state index is 0.129. The van der Waals surface area contributed by atoms with Gasteiger partial charge < -0.3 is 10.6 Å². The highest BCUT2D eigenvalue weighted by Gasteiger charge is 2.28. The Morgan fingerprint density at radius 3 is 2.16 bits per heavy atom. The van der Waals surface area contributed by atoms with E-state index in [1.807, 2.05) is 6.92 Å². The van der Waals surface area contributed by atoms with Crippen molar-refractivity contribution >= 4 is 16.1 Å². The van der Waals surface area contributed by atoms with Crippen molar-refractivity contribution in [2.45, 2.75) is 19.8 Å². The van der Waals surface area contributed by atoms with Gasteiger partial charge in [-0.2, -0.15) is 17.0 Å². The summed E-state index contributed by atoms with van der Waals surface area (Å²) < 4.78 is 27.1. The van der Waals surface area contributed by atoms with E-state index in [1.165, 1.54) is 20.6 Å². The molecule has 0 radical (unpaired) electrons. The molecule has 0 heterocycles. The van der Waals surface area contributed by atoms with Crippen molar-refractivity contribution in [3.05, 3.63) is 0 Å². The number of nitrogens with two attached hydrogens (primary N) is 1. The predicted octanol–water partition coefficient (Wildman–Crippen LogP) is -0.688. The molecule has 19 heavy (non-hydrogen) atoms. The summed E-state index contributed by atoms with van der Waals surface area (Å²) in [6.07, 6.45) is 1.25. The van der Waals surface area contributed by atoms with Crippen LogP contribution in [0.3, 0.4) is 0 Å². The van der Waals surface area contributed by atoms with Gasteiger partial charge in [0.15, 0.2) is 0 Å². The van der Waals surface area contributed by atoms with Gasteiger partial charge in [-0.15, -0.1) is 0 Å². The van der Waals surface area contributed by atoms with Crippen LogP contribution in [-0.4, -0.2) is 75.2 Å². The third kappa shape index (κ3) is 5.85. The number of amides is 1. The first-order valence-electron chi connectivity index (χ1n) is 6.39. The van der Waals surface area contributed by atoms with E-state index in [2.05, 4.69) is 0 Å². The largest absolute Gasteiger partial charge is 0.348 e. The highest BCUT2D eigenvalue weighted by Crippen LogP contribution is 2.08. The first-order chi connectivity index (χ1) is 8.77. The minimum Gasteiger partial charge on any atom is -0.348 e. The van der Waals surface area contributed by atoms with Gasteiger partial charge in [0.25, 0.3) is 10.2 Å². The lowest BCUT2D eigenvalue weighted by molar-refractivity contribution is -0.128. The van der Waals surface area contributed by atoms with E-state index in [9.17, 15) is 13.2 Å². The molecule has 0 aromatic rings. The number of carbonyl (C=O) groups excluding carboxylic acids is 1. The first-order valence-corrected chi connectivity index (χ1v) is 7.78. The first kappa shape index (κ1) is 18.3. The number of hydrogen-bond donors (Lipinski definition) is 1. The summed E-state index contributed by atoms with van der Waals surface area (Å²) >= 11 is 0. The number of rotatable bonds is 9. The summed E-state index contributed by atoms with van der Waals surface area (Å²) in [6.45, 7) is 2.87. The molecule has 0 aliphatic carbocycles. The molecule has 0 aliphatic heterocycles. The Balaban J connectivity index is 4.89. The molecule has 0 bridgehead atoms. The van der Waals surface area contributed by atoms with E-state index in [0.29, 0.717) is 32.5 Å². The van der Waals surface area contributed by atoms with Gasteiger partial charge in [-0.3, -0.25) is 4.79 Å². The van der Waals surface area contributed by atoms with Crippen molar-refractivity contribution in [3.8, 4) is 0 Å². The molecule has 7 nitrogen and oxygen atoms in total. The topological polar surface area (TPSA) is 87.0 Å². The quantitative estimate of drug-likeness (QED) is 0.610. The average Bonchev–Trinajstić information content (AvgIpc) is 2.34. The van der Waals surface area contributed by atoms with Gasteiger partial charge in [-0.25, -0.2) is 0 Å². The van der Waals surface area contributed by atoms with Crippen molar-refractivity contribution in [1.29, 1.82) is 0 Å². The van der Waals surface area contributed by atoms with Gasteiger partial charge in [0.1, 0.15) is 0 Å². The zero-order chi connectivity index (χ0) is 15.1. The van der Waals surface area contributed by atoms with Gasteiger partial charge >= 0.3 is 0 Å². The lowest BCUT2D eigenvalue weighted by atomic mass is 10.4. The van der Waals surface area contributed by atoms with Crippen LogP contribution < -0.4 is 5.73 Å². The van der Waals surface area contributed by atoms with Crippen molar-refractivity contribution in [2.24, 2.45) is 5.73 Å². The standard InChI is InChI=1S/C11H26N4O3S/c1-5-8-15(10-11(16)13(2)3)19(17,18)14(4)9-6-7-12/h5-10,12H2,1-4H3. The zero-order valence-electron chi connectivity index (χ0n) is 12.3. The normalized spacial score (nSPS) is 12.2. The molecule has 0 aliphatic rings. The molecule has 0 atom stereocenters. The molecule has 0 unspecified atom stereocenters. The molecular weight excluding hydrogens is 268 g/mol. The molecular formula is C11H26N4O3S. The van der Waals surface area contributed by atoms with E-state index in [0.717, 1.165) is 0 Å². The van der Waals surface area contributed by atoms with Crippen LogP contribution in [0.1, 0.15) is 19.8 Å². The number of carbonyl (C=O) groups is 1. The Labute approximate surface area is 116 Å². The van der Waals surface area contributed by atoms with Crippen LogP contribution in [0.25, 0.3) is 0 Å². The number of hydrogen-bond acceptors (Lipinski definition) is 4. The maximum absolute atomic E-state index is 12.3. The van der Waals surface area contributed by atoms with Crippen molar-refractivity contribution in [2.75, 3.05) is 47.3 Å². The van der Waals surface area contributed by atoms with Crippen LogP contribution in [0, 0.1) is 0 Å². The van der Waals surface area contributed by atoms with Gasteiger partial charge in [0.05, 0.1) is 6.54 Å². The fourth-order valence-corrected chi connectivity index (χ4v) is 2.89. The second kappa shape index (κ2) is 8.47. The predicted molar refractivity (Wildman–Crippen MR) is 75.8 cm³/mol. The van der Waals surface area contributed by atoms with Gasteiger partial charge in [0.2, 0.25) is 5.91 Å². The molecule has 0 fully saturated rings. The molecule has 0 spiro atoms. The molecule has 0 aromatic heterocycles. The summed E-state index contributed by atoms with van der Waals surface area (Å²) in [6, 6.07) is 0. The molecule has 1 amide bonds. The molecule has 0 saturated carbocycles. The lowest BCUT2D eigenvalue weighted by Crippen LogP contribution is -2.47. The number of nitrogens with zero attached hydrogens (tertiary/aromatic N) is 3. The van der Waals surface area contributed by atoms with Crippen LogP contribution in [0.4, 0.5) is 0 Å². The minimum atomic E-state index is -3.60. The van der Waals surface area contributed by atoms with Gasteiger partial charge in [-0.05, 0) is 19.4 Å². The zero-order valence-corrected chi connectivity index (χ0v) is 13.1. The third-order valence-electron chi connectivity index (χ3n) is 2.68. The van der Waals surface area contributed by atoms with E-state index in [-0.39, 0.29) is 12.5 Å². The molecule has 2 N–H and O–H groups in total. The van der Waals surface area contributed by atoms with Gasteiger partial charge in [-0.1, -0.05) is 6.92 Å². The van der Waals surface area contributed by atoms with Crippen LogP contribution in [0.5, 0.6) is 0 Å². The summed E-state index contributed by atoms with van der Waals surface area (Å²) in [5.74, 6) is -0.232. The van der Waals surface area contributed by atoms with Crippen molar-refractivity contribution < 1.29 is 13.2 Å². The second-order valence-corrected chi connectivity index (χ2v) is 6.63. The monoisotopic (exact) mass is 294 g/mol. The average molecular weight is 294 g/mol. The summed E-state index contributed by atoms with van der Waals surface area (Å²) in [4.78, 5) is 13.1. The molecule has 8 heteroatoms. The van der Waals surface area contributed by atoms with Crippen LogP contribution in [0.15, 0.2) is 0 Å². The maximum atomic E-state index is 12.3. The summed E-state index contributed by atoms with van der Waals surface area (Å²) in [7, 11) is 1.12. The highest BCUT2D eigenvalue weighted by atomic mass is 32.2. The smallest absolute Gasteiger partial charge is 0.282 e. The lowest BCUT2D eigenvalue weighted by Gasteiger charge is -2.27. The van der Waals surface area contributed by atoms with Crippen molar-refractivity contribution in [3.63, 3.8) is 0 Å². The van der Waals surface area contributed by atoms with E-state index in [4.69, 9.17) is 5.73 Å². The van der Waals surface area contributed by atoms with Crippen LogP contribution in [-0.2, 0) is 15.0 Å². The highest BCUT2D eigenvalue weighted by molar-refractivity contribution is 7.86. The fraction of sp³-hybridized carbons (Fsp3) is 0.909. The Kier molecular flexibility index (Phi) is 8.15. The SMILES string of the molecule is CCCN(CC(=O)N(C)C)S(=O)(=O)N(C)CCCN. The van der Waals surface area contributed by atoms with Crippen LogP contribution >= 0.6 is 0 Å². The van der Waals surface area contributed by atoms with E-state index >= 15 is 0 Å². The third-order valence-corrected chi connectivity index (χ3v) is 4.62. The van der Waals surface area contributed by atoms with E-state index < -0.39 is 10.2 Å². The summed E-state index contributed by atoms with van der Waals surface area (Å²) in [5, 5.41) is 0. The van der Waals surface area contributed by atoms with Crippen LogP contribution in [0.2, 0.25) is 0 Å². The fourth-order valence-electron chi connectivity index (χ4n) is 1.44. The molecule has 0 aromatic carbocycles. The van der Waals surface area contributed by atoms with Gasteiger partial charge in [0, 0.05) is 34.2 Å². The maximum Gasteiger partial charge on any atom is 0.282 e. The Morgan fingerprint density at radius 1 is 1.16 bits per heavy atom. The molecule has 0 saturated heterocycles.